The normalized spacial score (nSPS) is 10.2. The number of nitrogens with one attached hydrogen (secondary N) is 2. The molecule has 2 N–H and O–H groups in total. The van der Waals surface area contributed by atoms with Crippen LogP contribution in [0.3, 0.4) is 0 Å². The number of hydrogen-bond donors (Lipinski definition) is 2. The van der Waals surface area contributed by atoms with E-state index in [2.05, 4.69) is 10.6 Å². The number of hydrogen-bond acceptors (Lipinski definition) is 2. The van der Waals surface area contributed by atoms with E-state index in [1.54, 1.807) is 24.3 Å². The van der Waals surface area contributed by atoms with Crippen molar-refractivity contribution in [2.75, 3.05) is 12.4 Å². The second kappa shape index (κ2) is 6.19. The van der Waals surface area contributed by atoms with Gasteiger partial charge in [0.15, 0.2) is 0 Å². The Hall–Kier alpha value is -2.36. The first-order valence-electron chi connectivity index (χ1n) is 6.42. The van der Waals surface area contributed by atoms with Crippen molar-refractivity contribution in [2.45, 2.75) is 13.5 Å². The SMILES string of the molecule is CNc1ccc(C(=O)NCc2ccccc2F)cc1C. The highest BCUT2D eigenvalue weighted by Gasteiger charge is 2.08. The molecule has 0 saturated carbocycles. The summed E-state index contributed by atoms with van der Waals surface area (Å²) in [5.74, 6) is -0.520. The van der Waals surface area contributed by atoms with Gasteiger partial charge in [-0.25, -0.2) is 4.39 Å². The number of anilines is 1. The van der Waals surface area contributed by atoms with Gasteiger partial charge in [-0.15, -0.1) is 0 Å². The Labute approximate surface area is 117 Å². The summed E-state index contributed by atoms with van der Waals surface area (Å²) in [5, 5.41) is 5.77. The lowest BCUT2D eigenvalue weighted by Crippen LogP contribution is -2.23. The van der Waals surface area contributed by atoms with Gasteiger partial charge in [-0.3, -0.25) is 4.79 Å². The lowest BCUT2D eigenvalue weighted by atomic mass is 10.1. The molecule has 20 heavy (non-hydrogen) atoms. The Morgan fingerprint density at radius 3 is 2.60 bits per heavy atom. The number of carbonyl (C=O) groups is 1. The minimum absolute atomic E-state index is 0.179. The molecule has 0 fully saturated rings. The van der Waals surface area contributed by atoms with E-state index < -0.39 is 0 Å². The van der Waals surface area contributed by atoms with Crippen LogP contribution in [-0.2, 0) is 6.54 Å². The largest absolute Gasteiger partial charge is 0.388 e. The maximum absolute atomic E-state index is 13.4. The molecular weight excluding hydrogens is 255 g/mol. The van der Waals surface area contributed by atoms with E-state index in [9.17, 15) is 9.18 Å². The minimum atomic E-state index is -0.311. The van der Waals surface area contributed by atoms with Gasteiger partial charge in [0.25, 0.3) is 5.91 Å². The van der Waals surface area contributed by atoms with Gasteiger partial charge in [0.05, 0.1) is 0 Å². The third-order valence-corrected chi connectivity index (χ3v) is 3.16. The van der Waals surface area contributed by atoms with Crippen molar-refractivity contribution in [1.29, 1.82) is 0 Å². The van der Waals surface area contributed by atoms with Crippen molar-refractivity contribution in [3.05, 3.63) is 65.0 Å². The van der Waals surface area contributed by atoms with Crippen LogP contribution in [0.1, 0.15) is 21.5 Å². The molecule has 0 spiro atoms. The first kappa shape index (κ1) is 14.1. The van der Waals surface area contributed by atoms with Crippen LogP contribution >= 0.6 is 0 Å². The highest BCUT2D eigenvalue weighted by molar-refractivity contribution is 5.94. The number of carbonyl (C=O) groups excluding carboxylic acids is 1. The van der Waals surface area contributed by atoms with Gasteiger partial charge in [0, 0.05) is 30.4 Å². The van der Waals surface area contributed by atoms with Crippen molar-refractivity contribution in [1.82, 2.24) is 5.32 Å². The lowest BCUT2D eigenvalue weighted by molar-refractivity contribution is 0.0950. The summed E-state index contributed by atoms with van der Waals surface area (Å²) in [5.41, 5.74) is 3.02. The number of halogens is 1. The number of aryl methyl sites for hydroxylation is 1. The average molecular weight is 272 g/mol. The molecule has 0 aliphatic heterocycles. The van der Waals surface area contributed by atoms with E-state index in [1.165, 1.54) is 6.07 Å². The summed E-state index contributed by atoms with van der Waals surface area (Å²) in [4.78, 5) is 12.0. The Morgan fingerprint density at radius 1 is 1.20 bits per heavy atom. The van der Waals surface area contributed by atoms with Gasteiger partial charge in [0.2, 0.25) is 0 Å². The molecule has 2 rings (SSSR count). The molecule has 1 amide bonds. The van der Waals surface area contributed by atoms with Crippen LogP contribution in [0.15, 0.2) is 42.5 Å². The minimum Gasteiger partial charge on any atom is -0.388 e. The smallest absolute Gasteiger partial charge is 0.251 e. The van der Waals surface area contributed by atoms with E-state index in [4.69, 9.17) is 0 Å². The fourth-order valence-electron chi connectivity index (χ4n) is 2.00. The molecule has 0 aromatic heterocycles. The van der Waals surface area contributed by atoms with Gasteiger partial charge in [0.1, 0.15) is 5.82 Å². The van der Waals surface area contributed by atoms with Crippen LogP contribution in [0.2, 0.25) is 0 Å². The van der Waals surface area contributed by atoms with Crippen LogP contribution in [0.4, 0.5) is 10.1 Å². The molecule has 0 aliphatic rings. The molecule has 0 unspecified atom stereocenters. The Balaban J connectivity index is 2.05. The Kier molecular flexibility index (Phi) is 4.35. The van der Waals surface area contributed by atoms with E-state index in [0.29, 0.717) is 11.1 Å². The van der Waals surface area contributed by atoms with Crippen LogP contribution in [0, 0.1) is 12.7 Å². The molecule has 0 radical (unpaired) electrons. The third-order valence-electron chi connectivity index (χ3n) is 3.16. The van der Waals surface area contributed by atoms with Gasteiger partial charge in [-0.05, 0) is 36.8 Å². The Bertz CT molecular complexity index is 626. The predicted octanol–water partition coefficient (Wildman–Crippen LogP) is 3.11. The van der Waals surface area contributed by atoms with E-state index >= 15 is 0 Å². The highest BCUT2D eigenvalue weighted by atomic mass is 19.1. The van der Waals surface area contributed by atoms with Gasteiger partial charge in [-0.2, -0.15) is 0 Å². The number of amides is 1. The average Bonchev–Trinajstić information content (AvgIpc) is 2.46. The zero-order chi connectivity index (χ0) is 14.5. The molecule has 2 aromatic rings. The second-order valence-electron chi connectivity index (χ2n) is 4.55. The highest BCUT2D eigenvalue weighted by Crippen LogP contribution is 2.16. The fraction of sp³-hybridized carbons (Fsp3) is 0.188. The molecule has 0 atom stereocenters. The lowest BCUT2D eigenvalue weighted by Gasteiger charge is -2.09. The van der Waals surface area contributed by atoms with Gasteiger partial charge in [-0.1, -0.05) is 18.2 Å². The van der Waals surface area contributed by atoms with Crippen molar-refractivity contribution < 1.29 is 9.18 Å². The first-order chi connectivity index (χ1) is 9.61. The summed E-state index contributed by atoms with van der Waals surface area (Å²) in [6.07, 6.45) is 0. The second-order valence-corrected chi connectivity index (χ2v) is 4.55. The number of benzene rings is 2. The molecule has 0 saturated heterocycles. The zero-order valence-electron chi connectivity index (χ0n) is 11.5. The summed E-state index contributed by atoms with van der Waals surface area (Å²) < 4.78 is 13.4. The Morgan fingerprint density at radius 2 is 1.95 bits per heavy atom. The maximum atomic E-state index is 13.4. The standard InChI is InChI=1S/C16H17FN2O/c1-11-9-12(7-8-15(11)18-2)16(20)19-10-13-5-3-4-6-14(13)17/h3-9,18H,10H2,1-2H3,(H,19,20). The first-order valence-corrected chi connectivity index (χ1v) is 6.42. The summed E-state index contributed by atoms with van der Waals surface area (Å²) in [6.45, 7) is 2.11. The van der Waals surface area contributed by atoms with Crippen LogP contribution in [-0.4, -0.2) is 13.0 Å². The fourth-order valence-corrected chi connectivity index (χ4v) is 2.00. The number of rotatable bonds is 4. The molecule has 0 bridgehead atoms. The molecule has 3 nitrogen and oxygen atoms in total. The predicted molar refractivity (Wildman–Crippen MR) is 78.3 cm³/mol. The van der Waals surface area contributed by atoms with Crippen molar-refractivity contribution in [3.63, 3.8) is 0 Å². The van der Waals surface area contributed by atoms with Crippen molar-refractivity contribution in [2.24, 2.45) is 0 Å². The maximum Gasteiger partial charge on any atom is 0.251 e. The molecule has 0 aliphatic carbocycles. The van der Waals surface area contributed by atoms with Crippen molar-refractivity contribution in [3.8, 4) is 0 Å². The molecular formula is C16H17FN2O. The summed E-state index contributed by atoms with van der Waals surface area (Å²) in [7, 11) is 1.83. The summed E-state index contributed by atoms with van der Waals surface area (Å²) >= 11 is 0. The van der Waals surface area contributed by atoms with E-state index in [1.807, 2.05) is 26.1 Å². The van der Waals surface area contributed by atoms with Crippen LogP contribution in [0.5, 0.6) is 0 Å². The quantitative estimate of drug-likeness (QED) is 0.898. The molecule has 0 heterocycles. The van der Waals surface area contributed by atoms with E-state index in [-0.39, 0.29) is 18.3 Å². The molecule has 2 aromatic carbocycles. The van der Waals surface area contributed by atoms with Crippen molar-refractivity contribution >= 4 is 11.6 Å². The van der Waals surface area contributed by atoms with Crippen LogP contribution in [0.25, 0.3) is 0 Å². The summed E-state index contributed by atoms with van der Waals surface area (Å²) in [6, 6.07) is 11.8. The topological polar surface area (TPSA) is 41.1 Å². The molecule has 4 heteroatoms. The van der Waals surface area contributed by atoms with Crippen LogP contribution < -0.4 is 10.6 Å². The van der Waals surface area contributed by atoms with Gasteiger partial charge < -0.3 is 10.6 Å². The monoisotopic (exact) mass is 272 g/mol. The zero-order valence-corrected chi connectivity index (χ0v) is 11.5. The van der Waals surface area contributed by atoms with Gasteiger partial charge >= 0.3 is 0 Å². The molecule has 104 valence electrons. The van der Waals surface area contributed by atoms with E-state index in [0.717, 1.165) is 11.3 Å². The third kappa shape index (κ3) is 3.15.